The molecule has 0 fully saturated rings. The summed E-state index contributed by atoms with van der Waals surface area (Å²) in [4.78, 5) is 6.62. The third-order valence-corrected chi connectivity index (χ3v) is 4.46. The Morgan fingerprint density at radius 1 is 0.967 bits per heavy atom. The van der Waals surface area contributed by atoms with Gasteiger partial charge in [0.15, 0.2) is 17.5 Å². The maximum Gasteiger partial charge on any atom is 0.193 e. The Morgan fingerprint density at radius 3 is 2.23 bits per heavy atom. The lowest BCUT2D eigenvalue weighted by atomic mass is 10.1. The molecule has 0 radical (unpaired) electrons. The van der Waals surface area contributed by atoms with Crippen molar-refractivity contribution in [2.24, 2.45) is 4.99 Å². The third kappa shape index (κ3) is 7.97. The van der Waals surface area contributed by atoms with E-state index in [2.05, 4.69) is 10.3 Å². The van der Waals surface area contributed by atoms with Crippen molar-refractivity contribution in [3.63, 3.8) is 0 Å². The Bertz CT molecular complexity index is 814. The highest BCUT2D eigenvalue weighted by Gasteiger charge is 2.09. The largest absolute Gasteiger partial charge is 0.493 e. The topological polar surface area (TPSA) is 46.1 Å². The first-order valence-corrected chi connectivity index (χ1v) is 9.62. The number of halogens is 3. The molecular weight excluding hydrogens is 503 g/mol. The number of methoxy groups -OCH3 is 2. The van der Waals surface area contributed by atoms with E-state index in [1.165, 1.54) is 12.1 Å². The van der Waals surface area contributed by atoms with Crippen LogP contribution in [0.3, 0.4) is 0 Å². The standard InChI is InChI=1S/C22H29F2N3O2.HI/c1-5-25-22(26-10-8-17-12-18(23)15-19(24)13-17)27(2)11-9-16-6-7-20(28-3)21(14-16)29-4;/h6-7,12-15H,5,8-11H2,1-4H3,(H,25,26);1H. The molecule has 0 heterocycles. The van der Waals surface area contributed by atoms with Crippen LogP contribution in [0, 0.1) is 11.6 Å². The van der Waals surface area contributed by atoms with Gasteiger partial charge in [0.25, 0.3) is 0 Å². The Hall–Kier alpha value is -2.10. The number of rotatable bonds is 9. The Kier molecular flexibility index (Phi) is 11.5. The molecule has 0 spiro atoms. The summed E-state index contributed by atoms with van der Waals surface area (Å²) in [5, 5.41) is 3.25. The fourth-order valence-electron chi connectivity index (χ4n) is 2.95. The number of aliphatic imine (C=N–C) groups is 1. The van der Waals surface area contributed by atoms with Crippen LogP contribution in [0.15, 0.2) is 41.4 Å². The summed E-state index contributed by atoms with van der Waals surface area (Å²) in [6, 6.07) is 9.43. The van der Waals surface area contributed by atoms with E-state index in [0.29, 0.717) is 30.0 Å². The summed E-state index contributed by atoms with van der Waals surface area (Å²) in [7, 11) is 5.20. The van der Waals surface area contributed by atoms with Gasteiger partial charge in [-0.25, -0.2) is 8.78 Å². The average molecular weight is 533 g/mol. The van der Waals surface area contributed by atoms with Gasteiger partial charge in [0, 0.05) is 32.7 Å². The predicted octanol–water partition coefficient (Wildman–Crippen LogP) is 4.28. The van der Waals surface area contributed by atoms with E-state index in [-0.39, 0.29) is 24.0 Å². The summed E-state index contributed by atoms with van der Waals surface area (Å²) in [6.45, 7) is 3.91. The highest BCUT2D eigenvalue weighted by atomic mass is 127. The number of likely N-dealkylation sites (N-methyl/N-ethyl adjacent to an activating group) is 1. The van der Waals surface area contributed by atoms with Gasteiger partial charge in [-0.15, -0.1) is 24.0 Å². The molecule has 0 aliphatic carbocycles. The van der Waals surface area contributed by atoms with Crippen molar-refractivity contribution in [2.75, 3.05) is 40.9 Å². The number of hydrogen-bond acceptors (Lipinski definition) is 3. The minimum Gasteiger partial charge on any atom is -0.493 e. The number of ether oxygens (including phenoxy) is 2. The Balaban J connectivity index is 0.00000450. The molecule has 30 heavy (non-hydrogen) atoms. The van der Waals surface area contributed by atoms with Crippen LogP contribution in [0.4, 0.5) is 8.78 Å². The molecule has 166 valence electrons. The van der Waals surface area contributed by atoms with Gasteiger partial charge in [0.05, 0.1) is 14.2 Å². The van der Waals surface area contributed by atoms with E-state index in [4.69, 9.17) is 9.47 Å². The quantitative estimate of drug-likeness (QED) is 0.297. The second-order valence-corrected chi connectivity index (χ2v) is 6.62. The zero-order chi connectivity index (χ0) is 21.2. The van der Waals surface area contributed by atoms with E-state index >= 15 is 0 Å². The molecular formula is C22H30F2IN3O2. The zero-order valence-corrected chi connectivity index (χ0v) is 20.2. The summed E-state index contributed by atoms with van der Waals surface area (Å²) >= 11 is 0. The molecule has 5 nitrogen and oxygen atoms in total. The predicted molar refractivity (Wildman–Crippen MR) is 127 cm³/mol. The van der Waals surface area contributed by atoms with Gasteiger partial charge in [-0.3, -0.25) is 4.99 Å². The number of nitrogens with one attached hydrogen (secondary N) is 1. The molecule has 0 amide bonds. The molecule has 0 unspecified atom stereocenters. The minimum atomic E-state index is -0.567. The lowest BCUT2D eigenvalue weighted by molar-refractivity contribution is 0.354. The molecule has 2 rings (SSSR count). The van der Waals surface area contributed by atoms with E-state index < -0.39 is 11.6 Å². The summed E-state index contributed by atoms with van der Waals surface area (Å²) < 4.78 is 37.3. The van der Waals surface area contributed by atoms with Gasteiger partial charge < -0.3 is 19.7 Å². The van der Waals surface area contributed by atoms with Gasteiger partial charge in [0.1, 0.15) is 11.6 Å². The maximum absolute atomic E-state index is 13.3. The molecule has 2 aromatic rings. The number of hydrogen-bond donors (Lipinski definition) is 1. The van der Waals surface area contributed by atoms with Crippen LogP contribution in [0.1, 0.15) is 18.1 Å². The lowest BCUT2D eigenvalue weighted by Crippen LogP contribution is -2.40. The molecule has 0 aliphatic rings. The van der Waals surface area contributed by atoms with Crippen LogP contribution in [0.5, 0.6) is 11.5 Å². The molecule has 0 saturated heterocycles. The molecule has 0 aliphatic heterocycles. The van der Waals surface area contributed by atoms with Gasteiger partial charge in [0.2, 0.25) is 0 Å². The van der Waals surface area contributed by atoms with Crippen molar-refractivity contribution in [2.45, 2.75) is 19.8 Å². The molecule has 0 aromatic heterocycles. The van der Waals surface area contributed by atoms with Crippen LogP contribution in [-0.4, -0.2) is 51.8 Å². The number of guanidine groups is 1. The van der Waals surface area contributed by atoms with Crippen molar-refractivity contribution < 1.29 is 18.3 Å². The maximum atomic E-state index is 13.3. The van der Waals surface area contributed by atoms with Crippen LogP contribution in [-0.2, 0) is 12.8 Å². The fourth-order valence-corrected chi connectivity index (χ4v) is 2.95. The van der Waals surface area contributed by atoms with Gasteiger partial charge in [-0.1, -0.05) is 6.07 Å². The highest BCUT2D eigenvalue weighted by molar-refractivity contribution is 14.0. The van der Waals surface area contributed by atoms with E-state index in [1.54, 1.807) is 14.2 Å². The minimum absolute atomic E-state index is 0. The van der Waals surface area contributed by atoms with E-state index in [1.807, 2.05) is 37.1 Å². The SMILES string of the molecule is CCNC(=NCCc1cc(F)cc(F)c1)N(C)CCc1ccc(OC)c(OC)c1.I. The zero-order valence-electron chi connectivity index (χ0n) is 17.9. The van der Waals surface area contributed by atoms with Crippen molar-refractivity contribution in [1.29, 1.82) is 0 Å². The first kappa shape index (κ1) is 25.9. The van der Waals surface area contributed by atoms with Crippen molar-refractivity contribution >= 4 is 29.9 Å². The van der Waals surface area contributed by atoms with Gasteiger partial charge in [-0.05, 0) is 55.2 Å². The van der Waals surface area contributed by atoms with Crippen molar-refractivity contribution in [1.82, 2.24) is 10.2 Å². The molecule has 0 bridgehead atoms. The van der Waals surface area contributed by atoms with Gasteiger partial charge >= 0.3 is 0 Å². The molecule has 2 aromatic carbocycles. The second-order valence-electron chi connectivity index (χ2n) is 6.62. The molecule has 1 N–H and O–H groups in total. The first-order chi connectivity index (χ1) is 14.0. The Morgan fingerprint density at radius 2 is 1.63 bits per heavy atom. The third-order valence-electron chi connectivity index (χ3n) is 4.46. The van der Waals surface area contributed by atoms with Gasteiger partial charge in [-0.2, -0.15) is 0 Å². The number of nitrogens with zero attached hydrogens (tertiary/aromatic N) is 2. The monoisotopic (exact) mass is 533 g/mol. The summed E-state index contributed by atoms with van der Waals surface area (Å²) in [5.74, 6) is 1.03. The van der Waals surface area contributed by atoms with Crippen molar-refractivity contribution in [3.05, 3.63) is 59.2 Å². The van der Waals surface area contributed by atoms with Crippen molar-refractivity contribution in [3.8, 4) is 11.5 Å². The second kappa shape index (κ2) is 13.3. The average Bonchev–Trinajstić information content (AvgIpc) is 2.70. The van der Waals surface area contributed by atoms with Crippen LogP contribution < -0.4 is 14.8 Å². The summed E-state index contributed by atoms with van der Waals surface area (Å²) in [5.41, 5.74) is 1.72. The molecule has 8 heteroatoms. The lowest BCUT2D eigenvalue weighted by Gasteiger charge is -2.22. The normalized spacial score (nSPS) is 10.9. The molecule has 0 saturated carbocycles. The smallest absolute Gasteiger partial charge is 0.193 e. The molecule has 0 atom stereocenters. The number of benzene rings is 2. The van der Waals surface area contributed by atoms with Crippen LogP contribution in [0.2, 0.25) is 0 Å². The first-order valence-electron chi connectivity index (χ1n) is 9.62. The fraction of sp³-hybridized carbons (Fsp3) is 0.409. The van der Waals surface area contributed by atoms with Crippen LogP contribution in [0.25, 0.3) is 0 Å². The van der Waals surface area contributed by atoms with Crippen LogP contribution >= 0.6 is 24.0 Å². The van der Waals surface area contributed by atoms with E-state index in [0.717, 1.165) is 37.1 Å². The van der Waals surface area contributed by atoms with E-state index in [9.17, 15) is 8.78 Å². The highest BCUT2D eigenvalue weighted by Crippen LogP contribution is 2.27. The Labute approximate surface area is 194 Å². The summed E-state index contributed by atoms with van der Waals surface area (Å²) in [6.07, 6.45) is 1.27.